The molecule has 0 atom stereocenters. The first kappa shape index (κ1) is 83.4. The fraction of sp³-hybridized carbons (Fsp3) is 0.0704. The van der Waals surface area contributed by atoms with Crippen LogP contribution in [0, 0.1) is 0 Å². The fourth-order valence-corrected chi connectivity index (χ4v) is 25.9. The maximum atomic E-state index is 3.68. The summed E-state index contributed by atoms with van der Waals surface area (Å²) >= 11 is 0. The summed E-state index contributed by atoms with van der Waals surface area (Å²) in [5, 5.41) is 21.4. The second-order valence-corrected chi connectivity index (χ2v) is 40.6. The molecule has 2 heterocycles. The van der Waals surface area contributed by atoms with Gasteiger partial charge in [0.05, 0.1) is 0 Å². The summed E-state index contributed by atoms with van der Waals surface area (Å²) < 4.78 is 0. The van der Waals surface area contributed by atoms with Crippen LogP contribution in [0.5, 0.6) is 0 Å². The topological polar surface area (TPSA) is 31.6 Å². The Morgan fingerprint density at radius 3 is 0.958 bits per heavy atom. The molecule has 144 heavy (non-hydrogen) atoms. The van der Waals surface area contributed by atoms with Crippen LogP contribution in [0.4, 0.5) is 0 Å². The van der Waals surface area contributed by atoms with E-state index >= 15 is 0 Å². The third kappa shape index (κ3) is 14.1. The van der Waals surface area contributed by atoms with Gasteiger partial charge in [-0.15, -0.1) is 0 Å². The molecule has 676 valence electrons. The van der Waals surface area contributed by atoms with Crippen molar-refractivity contribution in [3.05, 3.63) is 572 Å². The summed E-state index contributed by atoms with van der Waals surface area (Å²) in [6.07, 6.45) is 10.5. The Bertz CT molecular complexity index is 9510. The smallest absolute Gasteiger partial charge is 0.0471 e. The number of H-pyrrole nitrogens is 2. The summed E-state index contributed by atoms with van der Waals surface area (Å²) in [6, 6.07) is 169. The van der Waals surface area contributed by atoms with Crippen LogP contribution in [0.25, 0.3) is 197 Å². The monoisotopic (exact) mass is 1830 g/mol. The number of hydrogen-bond acceptors (Lipinski definition) is 0. The zero-order valence-electron chi connectivity index (χ0n) is 79.9. The summed E-state index contributed by atoms with van der Waals surface area (Å²) in [6.45, 7) is 0. The molecular formula is C142H98N2. The van der Waals surface area contributed by atoms with Crippen molar-refractivity contribution in [1.82, 2.24) is 9.97 Å². The van der Waals surface area contributed by atoms with Gasteiger partial charge in [0, 0.05) is 43.6 Å². The first-order chi connectivity index (χ1) is 71.3. The minimum atomic E-state index is 0.963. The van der Waals surface area contributed by atoms with E-state index in [1.54, 1.807) is 22.3 Å². The van der Waals surface area contributed by atoms with Gasteiger partial charge in [0.15, 0.2) is 0 Å². The molecule has 0 bridgehead atoms. The third-order valence-corrected chi connectivity index (χ3v) is 32.6. The summed E-state index contributed by atoms with van der Waals surface area (Å²) in [7, 11) is 0. The molecule has 2 aromatic heterocycles. The Morgan fingerprint density at radius 2 is 0.458 bits per heavy atom. The van der Waals surface area contributed by atoms with Crippen molar-refractivity contribution in [2.45, 2.75) is 64.2 Å². The molecule has 26 aromatic rings. The minimum absolute atomic E-state index is 0.963. The molecular weight excluding hydrogens is 1730 g/mol. The van der Waals surface area contributed by atoms with Gasteiger partial charge >= 0.3 is 0 Å². The van der Waals surface area contributed by atoms with Crippen LogP contribution in [0.1, 0.15) is 111 Å². The van der Waals surface area contributed by atoms with Gasteiger partial charge in [-0.1, -0.05) is 419 Å². The fourth-order valence-electron chi connectivity index (χ4n) is 25.9. The van der Waals surface area contributed by atoms with Gasteiger partial charge in [0.2, 0.25) is 0 Å². The summed E-state index contributed by atoms with van der Waals surface area (Å²) in [5.74, 6) is 0. The number of rotatable bonds is 4. The van der Waals surface area contributed by atoms with Crippen molar-refractivity contribution in [2.75, 3.05) is 0 Å². The van der Waals surface area contributed by atoms with E-state index in [0.717, 1.165) is 64.2 Å². The third-order valence-electron chi connectivity index (χ3n) is 32.6. The molecule has 0 aliphatic heterocycles. The highest BCUT2D eigenvalue weighted by atomic mass is 14.7. The molecule has 0 spiro atoms. The lowest BCUT2D eigenvalue weighted by atomic mass is 9.93. The van der Waals surface area contributed by atoms with E-state index in [-0.39, 0.29) is 0 Å². The number of para-hydroxylation sites is 1. The zero-order valence-corrected chi connectivity index (χ0v) is 79.9. The molecule has 34 rings (SSSR count). The maximum Gasteiger partial charge on any atom is 0.0471 e. The number of aromatic nitrogens is 2. The van der Waals surface area contributed by atoms with Crippen molar-refractivity contribution >= 4 is 108 Å². The maximum absolute atomic E-state index is 3.68. The predicted molar refractivity (Wildman–Crippen MR) is 607 cm³/mol. The van der Waals surface area contributed by atoms with Crippen molar-refractivity contribution in [3.63, 3.8) is 0 Å². The van der Waals surface area contributed by atoms with E-state index in [0.29, 0.717) is 0 Å². The predicted octanol–water partition coefficient (Wildman–Crippen LogP) is 36.1. The molecule has 2 N–H and O–H groups in total. The van der Waals surface area contributed by atoms with Gasteiger partial charge in [-0.05, 0) is 372 Å². The molecule has 0 unspecified atom stereocenters. The van der Waals surface area contributed by atoms with E-state index in [1.807, 2.05) is 0 Å². The first-order valence-corrected chi connectivity index (χ1v) is 51.2. The van der Waals surface area contributed by atoms with Gasteiger partial charge in [-0.25, -0.2) is 0 Å². The first-order valence-electron chi connectivity index (χ1n) is 51.2. The van der Waals surface area contributed by atoms with Crippen LogP contribution in [-0.4, -0.2) is 9.97 Å². The van der Waals surface area contributed by atoms with Crippen molar-refractivity contribution in [2.24, 2.45) is 0 Å². The quantitative estimate of drug-likeness (QED) is 0.176. The van der Waals surface area contributed by atoms with E-state index in [9.17, 15) is 0 Å². The molecule has 8 aliphatic rings. The van der Waals surface area contributed by atoms with Crippen LogP contribution in [-0.2, 0) is 64.2 Å². The Labute approximate surface area is 837 Å². The Morgan fingerprint density at radius 1 is 0.146 bits per heavy atom. The molecule has 0 radical (unpaired) electrons. The molecule has 2 nitrogen and oxygen atoms in total. The van der Waals surface area contributed by atoms with Crippen molar-refractivity contribution < 1.29 is 0 Å². The SMILES string of the molecule is c1cc(Cc2cccc3ccccc23)cc(Cc2cccc3ccccc23)c1.c1ccc2c(c1)Cc1c-2ccc2c1Cc1ccccc1-2.c1ccc2c(c1)Cc1cc3c(cc1-2)-c1ccccc1C3.c1ccc2c(c1)Cc1cc3c(cc1-2)[nH]c1ccccc13.c1ccc2c3c(ccc2c1)Cc1c-3ccc2c1Cc1ccc3ccccc3c1-2.c1ccc2c3c(ccc2c1)Cc1cc2c(cc1-3)[nH]c1ccc3ccccc3c12. The highest BCUT2D eigenvalue weighted by Gasteiger charge is 2.33. The van der Waals surface area contributed by atoms with Gasteiger partial charge in [-0.2, -0.15) is 0 Å². The average molecular weight is 1830 g/mol. The number of nitrogens with one attached hydrogen (secondary N) is 2. The lowest BCUT2D eigenvalue weighted by Crippen LogP contribution is -1.94. The number of benzene rings is 24. The minimum Gasteiger partial charge on any atom is -0.354 e. The second-order valence-electron chi connectivity index (χ2n) is 40.6. The molecule has 8 aliphatic carbocycles. The molecule has 0 amide bonds. The van der Waals surface area contributed by atoms with Crippen molar-refractivity contribution in [3.8, 4) is 89.0 Å². The lowest BCUT2D eigenvalue weighted by molar-refractivity contribution is 1.15. The van der Waals surface area contributed by atoms with Crippen LogP contribution in [0.2, 0.25) is 0 Å². The van der Waals surface area contributed by atoms with Crippen LogP contribution in [0.15, 0.2) is 461 Å². The number of aromatic amines is 2. The van der Waals surface area contributed by atoms with Gasteiger partial charge in [0.25, 0.3) is 0 Å². The van der Waals surface area contributed by atoms with E-state index in [1.165, 1.54) is 286 Å². The molecule has 2 heteroatoms. The second kappa shape index (κ2) is 34.2. The molecule has 0 saturated carbocycles. The van der Waals surface area contributed by atoms with Crippen molar-refractivity contribution in [1.29, 1.82) is 0 Å². The highest BCUT2D eigenvalue weighted by Crippen LogP contribution is 2.54. The van der Waals surface area contributed by atoms with Gasteiger partial charge in [-0.3, -0.25) is 0 Å². The normalized spacial score (nSPS) is 12.8. The molecule has 0 saturated heterocycles. The lowest BCUT2D eigenvalue weighted by Gasteiger charge is -2.10. The number of hydrogen-bond donors (Lipinski definition) is 2. The Kier molecular flexibility index (Phi) is 19.8. The average Bonchev–Trinajstić information content (AvgIpc) is 1.56. The van der Waals surface area contributed by atoms with Gasteiger partial charge in [0.1, 0.15) is 0 Å². The Balaban J connectivity index is 0.0000000827. The van der Waals surface area contributed by atoms with E-state index < -0.39 is 0 Å². The zero-order chi connectivity index (χ0) is 94.6. The van der Waals surface area contributed by atoms with Crippen LogP contribution >= 0.6 is 0 Å². The summed E-state index contributed by atoms with van der Waals surface area (Å²) in [5.41, 5.74) is 57.1. The largest absolute Gasteiger partial charge is 0.354 e. The standard InChI is InChI=1S/C28H18.C28H22.C27H17N.2C20H14.C19H13N/c1-3-7-21-17(5-1)9-11-19-15-25-23(27(19)21)13-14-24-26(25)16-20-12-10-18-6-2-4-8-22(18)28(20)24;1-3-16-27-23(10-1)12-6-14-25(27)19-21-8-5-9-22(18-21)20-26-15-7-13-24-11-2-4-17-28(24)26;1-3-7-20-16(5-1)9-10-18-13-19-14-23-25(15-22(19)26(18)20)28-24-12-11-17-6-2-4-8-21(17)27(23)24;1-3-7-17-13(5-1)9-15-11-16-10-14-6-2-4-8-18(14)20(16)12-19(15)17;1-3-7-15-13(5-1)11-19-17(15)9-10-18-16-8-4-2-6-14(16)12-20(18)19;1-2-6-14-12(5-1)9-13-10-17-15-7-3-4-8-18(15)20-19(17)11-16(13)14/h1-14H,15-16H2;1-18H,19-20H2;1-12,14-15,28H,13H2;1-8,11-12H,9-10H2;1-10H,11-12H2;1-8,10-11,20H,9H2. The molecule has 24 aromatic carbocycles. The van der Waals surface area contributed by atoms with Gasteiger partial charge < -0.3 is 9.97 Å². The van der Waals surface area contributed by atoms with E-state index in [2.05, 4.69) is 471 Å². The molecule has 0 fully saturated rings. The Hall–Kier alpha value is -17.6. The van der Waals surface area contributed by atoms with Crippen LogP contribution < -0.4 is 0 Å². The highest BCUT2D eigenvalue weighted by molar-refractivity contribution is 6.22. The van der Waals surface area contributed by atoms with Crippen LogP contribution in [0.3, 0.4) is 0 Å². The van der Waals surface area contributed by atoms with E-state index in [4.69, 9.17) is 0 Å². The number of fused-ring (bicyclic) bond motifs is 42. The summed E-state index contributed by atoms with van der Waals surface area (Å²) in [4.78, 5) is 7.22.